The maximum atomic E-state index is 12.2. The van der Waals surface area contributed by atoms with Gasteiger partial charge in [0, 0.05) is 17.0 Å². The number of esters is 1. The van der Waals surface area contributed by atoms with Gasteiger partial charge in [-0.25, -0.2) is 9.59 Å². The van der Waals surface area contributed by atoms with E-state index in [1.165, 1.54) is 6.07 Å². The number of aliphatic hydroxyl groups is 1. The highest BCUT2D eigenvalue weighted by molar-refractivity contribution is 5.88. The Morgan fingerprint density at radius 2 is 1.96 bits per heavy atom. The van der Waals surface area contributed by atoms with E-state index in [4.69, 9.17) is 13.9 Å². The summed E-state index contributed by atoms with van der Waals surface area (Å²) in [6.07, 6.45) is -0.520. The number of fused-ring (bicyclic) bond motifs is 3. The summed E-state index contributed by atoms with van der Waals surface area (Å²) < 4.78 is 16.7. The monoisotopic (exact) mass is 344 g/mol. The Hall–Kier alpha value is -2.60. The Bertz CT molecular complexity index is 921. The van der Waals surface area contributed by atoms with E-state index in [1.54, 1.807) is 52.0 Å². The van der Waals surface area contributed by atoms with Crippen LogP contribution in [0.15, 0.2) is 45.1 Å². The molecule has 0 amide bonds. The van der Waals surface area contributed by atoms with E-state index < -0.39 is 29.4 Å². The van der Waals surface area contributed by atoms with Gasteiger partial charge in [0.25, 0.3) is 0 Å². The molecule has 2 heterocycles. The SMILES string of the molecule is CC=C(C)C(=O)O[C@H]1[C@@H](O)c2c(ccc3ccc(=O)oc23)OC1(C)C. The third-order valence-corrected chi connectivity index (χ3v) is 4.42. The number of carbonyl (C=O) groups excluding carboxylic acids is 1. The maximum Gasteiger partial charge on any atom is 0.336 e. The van der Waals surface area contributed by atoms with E-state index in [1.807, 2.05) is 0 Å². The van der Waals surface area contributed by atoms with Crippen molar-refractivity contribution >= 4 is 16.9 Å². The van der Waals surface area contributed by atoms with Crippen LogP contribution in [-0.2, 0) is 9.53 Å². The molecule has 0 fully saturated rings. The fourth-order valence-electron chi connectivity index (χ4n) is 2.91. The first-order chi connectivity index (χ1) is 11.7. The summed E-state index contributed by atoms with van der Waals surface area (Å²) in [5.41, 5.74) is -0.518. The van der Waals surface area contributed by atoms with Crippen molar-refractivity contribution in [3.8, 4) is 5.75 Å². The Morgan fingerprint density at radius 3 is 2.64 bits per heavy atom. The molecule has 1 aliphatic heterocycles. The van der Waals surface area contributed by atoms with E-state index in [0.717, 1.165) is 0 Å². The third kappa shape index (κ3) is 2.93. The lowest BCUT2D eigenvalue weighted by molar-refractivity contribution is -0.173. The molecule has 1 N–H and O–H groups in total. The zero-order valence-corrected chi connectivity index (χ0v) is 14.5. The molecule has 132 valence electrons. The van der Waals surface area contributed by atoms with Gasteiger partial charge in [0.1, 0.15) is 23.0 Å². The highest BCUT2D eigenvalue weighted by Gasteiger charge is 2.47. The lowest BCUT2D eigenvalue weighted by atomic mass is 9.87. The molecule has 2 atom stereocenters. The molecule has 3 rings (SSSR count). The normalized spacial score (nSPS) is 22.2. The molecule has 1 aromatic carbocycles. The van der Waals surface area contributed by atoms with Crippen LogP contribution in [0.2, 0.25) is 0 Å². The quantitative estimate of drug-likeness (QED) is 0.512. The molecule has 0 bridgehead atoms. The van der Waals surface area contributed by atoms with Gasteiger partial charge >= 0.3 is 11.6 Å². The molecule has 1 aliphatic rings. The van der Waals surface area contributed by atoms with Gasteiger partial charge in [-0.3, -0.25) is 0 Å². The molecular formula is C19H20O6. The predicted molar refractivity (Wildman–Crippen MR) is 91.5 cm³/mol. The van der Waals surface area contributed by atoms with Gasteiger partial charge in [-0.15, -0.1) is 0 Å². The van der Waals surface area contributed by atoms with Crippen molar-refractivity contribution in [2.75, 3.05) is 0 Å². The molecule has 0 spiro atoms. The largest absolute Gasteiger partial charge is 0.483 e. The number of aliphatic hydroxyl groups excluding tert-OH is 1. The highest BCUT2D eigenvalue weighted by atomic mass is 16.6. The topological polar surface area (TPSA) is 86.0 Å². The molecular weight excluding hydrogens is 324 g/mol. The fourth-order valence-corrected chi connectivity index (χ4v) is 2.91. The minimum Gasteiger partial charge on any atom is -0.483 e. The molecule has 1 aromatic heterocycles. The molecule has 6 nitrogen and oxygen atoms in total. The fraction of sp³-hybridized carbons (Fsp3) is 0.368. The van der Waals surface area contributed by atoms with Crippen molar-refractivity contribution in [1.82, 2.24) is 0 Å². The molecule has 0 aliphatic carbocycles. The number of rotatable bonds is 2. The molecule has 2 aromatic rings. The first-order valence-corrected chi connectivity index (χ1v) is 8.02. The zero-order valence-electron chi connectivity index (χ0n) is 14.5. The first kappa shape index (κ1) is 17.2. The molecule has 0 unspecified atom stereocenters. The van der Waals surface area contributed by atoms with Crippen molar-refractivity contribution in [2.24, 2.45) is 0 Å². The molecule has 25 heavy (non-hydrogen) atoms. The summed E-state index contributed by atoms with van der Waals surface area (Å²) in [6.45, 7) is 6.82. The van der Waals surface area contributed by atoms with E-state index >= 15 is 0 Å². The smallest absolute Gasteiger partial charge is 0.336 e. The molecule has 0 radical (unpaired) electrons. The van der Waals surface area contributed by atoms with Crippen LogP contribution in [0.5, 0.6) is 5.75 Å². The summed E-state index contributed by atoms with van der Waals surface area (Å²) in [5.74, 6) is -0.136. The van der Waals surface area contributed by atoms with E-state index in [-0.39, 0.29) is 5.58 Å². The first-order valence-electron chi connectivity index (χ1n) is 8.02. The van der Waals surface area contributed by atoms with E-state index in [2.05, 4.69) is 0 Å². The van der Waals surface area contributed by atoms with Crippen LogP contribution in [-0.4, -0.2) is 22.8 Å². The maximum absolute atomic E-state index is 12.2. The third-order valence-electron chi connectivity index (χ3n) is 4.42. The highest BCUT2D eigenvalue weighted by Crippen LogP contribution is 2.44. The van der Waals surface area contributed by atoms with Crippen LogP contribution in [0.4, 0.5) is 0 Å². The van der Waals surface area contributed by atoms with Crippen molar-refractivity contribution in [2.45, 2.75) is 45.5 Å². The second kappa shape index (κ2) is 6.04. The number of benzene rings is 1. The number of carbonyl (C=O) groups is 1. The Kier molecular flexibility index (Phi) is 4.16. The van der Waals surface area contributed by atoms with Gasteiger partial charge in [0.05, 0.1) is 5.56 Å². The number of ether oxygens (including phenoxy) is 2. The summed E-state index contributed by atoms with van der Waals surface area (Å²) >= 11 is 0. The number of hydrogen-bond acceptors (Lipinski definition) is 6. The summed E-state index contributed by atoms with van der Waals surface area (Å²) in [7, 11) is 0. The lowest BCUT2D eigenvalue weighted by Crippen LogP contribution is -2.51. The van der Waals surface area contributed by atoms with Crippen LogP contribution in [0.1, 0.15) is 39.4 Å². The minimum absolute atomic E-state index is 0.233. The standard InChI is InChI=1S/C19H20O6/c1-5-10(2)18(22)24-17-15(21)14-12(25-19(17,3)4)8-6-11-7-9-13(20)23-16(11)14/h5-9,15,17,21H,1-4H3/t15-,17-/m0/s1. The van der Waals surface area contributed by atoms with E-state index in [9.17, 15) is 14.7 Å². The molecule has 0 saturated carbocycles. The second-order valence-corrected chi connectivity index (χ2v) is 6.60. The average Bonchev–Trinajstić information content (AvgIpc) is 2.56. The van der Waals surface area contributed by atoms with Gasteiger partial charge in [0.2, 0.25) is 0 Å². The minimum atomic E-state index is -1.19. The second-order valence-electron chi connectivity index (χ2n) is 6.60. The van der Waals surface area contributed by atoms with Crippen molar-refractivity contribution in [1.29, 1.82) is 0 Å². The Balaban J connectivity index is 2.12. The Labute approximate surface area is 144 Å². The average molecular weight is 344 g/mol. The zero-order chi connectivity index (χ0) is 18.4. The van der Waals surface area contributed by atoms with Crippen LogP contribution < -0.4 is 10.4 Å². The number of hydrogen-bond donors (Lipinski definition) is 1. The summed E-state index contributed by atoms with van der Waals surface area (Å²) in [6, 6.07) is 6.37. The van der Waals surface area contributed by atoms with Crippen LogP contribution in [0, 0.1) is 0 Å². The van der Waals surface area contributed by atoms with Crippen LogP contribution in [0.25, 0.3) is 11.0 Å². The molecule has 0 saturated heterocycles. The molecule has 6 heteroatoms. The van der Waals surface area contributed by atoms with Gasteiger partial charge in [-0.05, 0) is 45.9 Å². The van der Waals surface area contributed by atoms with Gasteiger partial charge in [0.15, 0.2) is 6.10 Å². The van der Waals surface area contributed by atoms with Crippen molar-refractivity contribution in [3.05, 3.63) is 51.9 Å². The van der Waals surface area contributed by atoms with Crippen LogP contribution >= 0.6 is 0 Å². The van der Waals surface area contributed by atoms with E-state index in [0.29, 0.717) is 22.3 Å². The van der Waals surface area contributed by atoms with Gasteiger partial charge < -0.3 is 19.0 Å². The lowest BCUT2D eigenvalue weighted by Gasteiger charge is -2.42. The van der Waals surface area contributed by atoms with Gasteiger partial charge in [-0.2, -0.15) is 0 Å². The van der Waals surface area contributed by atoms with Crippen molar-refractivity contribution in [3.63, 3.8) is 0 Å². The number of allylic oxidation sites excluding steroid dienone is 1. The summed E-state index contributed by atoms with van der Waals surface area (Å²) in [4.78, 5) is 23.8. The van der Waals surface area contributed by atoms with Crippen LogP contribution in [0.3, 0.4) is 0 Å². The summed E-state index contributed by atoms with van der Waals surface area (Å²) in [5, 5.41) is 11.6. The predicted octanol–water partition coefficient (Wildman–Crippen LogP) is 2.88. The van der Waals surface area contributed by atoms with Gasteiger partial charge in [-0.1, -0.05) is 6.08 Å². The Morgan fingerprint density at radius 1 is 1.28 bits per heavy atom. The van der Waals surface area contributed by atoms with Crippen molar-refractivity contribution < 1.29 is 23.8 Å².